The van der Waals surface area contributed by atoms with E-state index in [1.807, 2.05) is 29.1 Å². The average Bonchev–Trinajstić information content (AvgIpc) is 3.29. The summed E-state index contributed by atoms with van der Waals surface area (Å²) in [5, 5.41) is 4.37. The summed E-state index contributed by atoms with van der Waals surface area (Å²) in [7, 11) is 0. The molecule has 5 heteroatoms. The Kier molecular flexibility index (Phi) is 6.23. The number of nitrogens with zero attached hydrogens (tertiary/aromatic N) is 2. The predicted molar refractivity (Wildman–Crippen MR) is 106 cm³/mol. The van der Waals surface area contributed by atoms with E-state index in [1.54, 1.807) is 11.8 Å². The van der Waals surface area contributed by atoms with Crippen LogP contribution in [-0.2, 0) is 11.3 Å². The van der Waals surface area contributed by atoms with Gasteiger partial charge in [-0.05, 0) is 54.5 Å². The van der Waals surface area contributed by atoms with Gasteiger partial charge < -0.3 is 14.5 Å². The number of para-hydroxylation sites is 1. The zero-order valence-corrected chi connectivity index (χ0v) is 15.4. The molecule has 0 saturated heterocycles. The van der Waals surface area contributed by atoms with Gasteiger partial charge in [-0.15, -0.1) is 0 Å². The molecule has 2 aromatic heterocycles. The van der Waals surface area contributed by atoms with Crippen LogP contribution in [0.2, 0.25) is 0 Å². The fourth-order valence-corrected chi connectivity index (χ4v) is 3.57. The number of hydrogen-bond donors (Lipinski definition) is 1. The lowest BCUT2D eigenvalue weighted by Gasteiger charge is -2.18. The Morgan fingerprint density at radius 3 is 2.72 bits per heavy atom. The van der Waals surface area contributed by atoms with Gasteiger partial charge in [0.25, 0.3) is 0 Å². The highest BCUT2D eigenvalue weighted by atomic mass is 32.2. The molecule has 1 N–H and O–H groups in total. The molecule has 0 spiro atoms. The van der Waals surface area contributed by atoms with Gasteiger partial charge in [0.15, 0.2) is 0 Å². The number of amides is 1. The summed E-state index contributed by atoms with van der Waals surface area (Å²) in [6, 6.07) is 14.3. The van der Waals surface area contributed by atoms with Crippen molar-refractivity contribution in [2.24, 2.45) is 0 Å². The highest BCUT2D eigenvalue weighted by Crippen LogP contribution is 2.16. The monoisotopic (exact) mass is 355 g/mol. The fraction of sp³-hybridized carbons (Fsp3) is 0.350. The summed E-state index contributed by atoms with van der Waals surface area (Å²) in [6.45, 7) is 1.61. The van der Waals surface area contributed by atoms with E-state index in [0.29, 0.717) is 6.54 Å². The zero-order valence-electron chi connectivity index (χ0n) is 14.6. The average molecular weight is 356 g/mol. The first-order chi connectivity index (χ1) is 12.3. The summed E-state index contributed by atoms with van der Waals surface area (Å²) in [5.41, 5.74) is 1.25. The molecule has 4 nitrogen and oxygen atoms in total. The smallest absolute Gasteiger partial charge is 0.243 e. The number of carbonyl (C=O) groups excluding carboxylic acids is 1. The molecule has 0 saturated carbocycles. The number of fused-ring (bicyclic) bond motifs is 1. The molecule has 1 aromatic carbocycles. The standard InChI is InChI=1S/C20H25N3OS/c1-25-16-10-19(22-12-4-5-13-22)20(24)21-11-6-14-23-15-9-17-7-2-3-8-18(17)23/h2-5,7-9,12-13,15,19H,6,10-11,14,16H2,1H3,(H,21,24)/t19-/m1/s1. The third kappa shape index (κ3) is 4.48. The van der Waals surface area contributed by atoms with E-state index in [9.17, 15) is 4.79 Å². The minimum absolute atomic E-state index is 0.114. The Morgan fingerprint density at radius 2 is 1.92 bits per heavy atom. The first-order valence-corrected chi connectivity index (χ1v) is 10.1. The van der Waals surface area contributed by atoms with Crippen molar-refractivity contribution >= 4 is 28.6 Å². The van der Waals surface area contributed by atoms with Gasteiger partial charge in [0.2, 0.25) is 5.91 Å². The van der Waals surface area contributed by atoms with Gasteiger partial charge in [0, 0.05) is 37.2 Å². The van der Waals surface area contributed by atoms with Crippen LogP contribution in [0.3, 0.4) is 0 Å². The summed E-state index contributed by atoms with van der Waals surface area (Å²) in [5.74, 6) is 1.09. The summed E-state index contributed by atoms with van der Waals surface area (Å²) in [6.07, 6.45) is 9.90. The van der Waals surface area contributed by atoms with Crippen LogP contribution in [0.4, 0.5) is 0 Å². The highest BCUT2D eigenvalue weighted by molar-refractivity contribution is 7.98. The minimum atomic E-state index is -0.116. The van der Waals surface area contributed by atoms with Crippen molar-refractivity contribution in [2.45, 2.75) is 25.4 Å². The number of aromatic nitrogens is 2. The van der Waals surface area contributed by atoms with Crippen LogP contribution in [0.5, 0.6) is 0 Å². The second-order valence-corrected chi connectivity index (χ2v) is 7.13. The van der Waals surface area contributed by atoms with Gasteiger partial charge in [-0.2, -0.15) is 11.8 Å². The second kappa shape index (κ2) is 8.81. The van der Waals surface area contributed by atoms with E-state index in [0.717, 1.165) is 25.1 Å². The molecule has 0 aliphatic heterocycles. The normalized spacial score (nSPS) is 12.4. The molecule has 0 radical (unpaired) electrons. The largest absolute Gasteiger partial charge is 0.354 e. The first kappa shape index (κ1) is 17.7. The molecule has 0 fully saturated rings. The predicted octanol–water partition coefficient (Wildman–Crippen LogP) is 3.94. The van der Waals surface area contributed by atoms with Gasteiger partial charge in [-0.25, -0.2) is 0 Å². The fourth-order valence-electron chi connectivity index (χ4n) is 3.12. The molecule has 1 amide bonds. The van der Waals surface area contributed by atoms with Crippen LogP contribution in [0.1, 0.15) is 18.9 Å². The van der Waals surface area contributed by atoms with E-state index in [2.05, 4.69) is 52.7 Å². The van der Waals surface area contributed by atoms with E-state index >= 15 is 0 Å². The molecule has 2 heterocycles. The molecule has 25 heavy (non-hydrogen) atoms. The first-order valence-electron chi connectivity index (χ1n) is 8.72. The van der Waals surface area contributed by atoms with Crippen LogP contribution in [-0.4, -0.2) is 33.6 Å². The maximum absolute atomic E-state index is 12.6. The lowest BCUT2D eigenvalue weighted by molar-refractivity contribution is -0.124. The molecule has 0 aliphatic carbocycles. The number of nitrogens with one attached hydrogen (secondary N) is 1. The minimum Gasteiger partial charge on any atom is -0.354 e. The lowest BCUT2D eigenvalue weighted by atomic mass is 10.2. The topological polar surface area (TPSA) is 39.0 Å². The van der Waals surface area contributed by atoms with Crippen LogP contribution in [0.15, 0.2) is 61.1 Å². The maximum atomic E-state index is 12.6. The number of rotatable bonds is 9. The van der Waals surface area contributed by atoms with E-state index in [-0.39, 0.29) is 11.9 Å². The lowest BCUT2D eigenvalue weighted by Crippen LogP contribution is -2.33. The van der Waals surface area contributed by atoms with Gasteiger partial charge in [-0.1, -0.05) is 18.2 Å². The third-order valence-electron chi connectivity index (χ3n) is 4.44. The van der Waals surface area contributed by atoms with Crippen molar-refractivity contribution in [1.29, 1.82) is 0 Å². The number of carbonyl (C=O) groups is 1. The molecular formula is C20H25N3OS. The van der Waals surface area contributed by atoms with Crippen molar-refractivity contribution in [3.8, 4) is 0 Å². The summed E-state index contributed by atoms with van der Waals surface area (Å²) in [4.78, 5) is 12.6. The van der Waals surface area contributed by atoms with Gasteiger partial charge in [-0.3, -0.25) is 4.79 Å². The Balaban J connectivity index is 1.51. The van der Waals surface area contributed by atoms with E-state index < -0.39 is 0 Å². The maximum Gasteiger partial charge on any atom is 0.243 e. The van der Waals surface area contributed by atoms with E-state index in [1.165, 1.54) is 10.9 Å². The van der Waals surface area contributed by atoms with Crippen molar-refractivity contribution in [3.63, 3.8) is 0 Å². The number of hydrogen-bond acceptors (Lipinski definition) is 2. The number of aryl methyl sites for hydroxylation is 1. The van der Waals surface area contributed by atoms with Gasteiger partial charge in [0.1, 0.15) is 6.04 Å². The van der Waals surface area contributed by atoms with Crippen molar-refractivity contribution in [2.75, 3.05) is 18.6 Å². The number of thioether (sulfide) groups is 1. The van der Waals surface area contributed by atoms with Crippen LogP contribution >= 0.6 is 11.8 Å². The van der Waals surface area contributed by atoms with Gasteiger partial charge in [0.05, 0.1) is 0 Å². The van der Waals surface area contributed by atoms with Crippen LogP contribution < -0.4 is 5.32 Å². The molecule has 1 atom stereocenters. The summed E-state index contributed by atoms with van der Waals surface area (Å²) < 4.78 is 4.25. The van der Waals surface area contributed by atoms with Crippen LogP contribution in [0, 0.1) is 0 Å². The van der Waals surface area contributed by atoms with Crippen molar-refractivity contribution in [3.05, 3.63) is 61.1 Å². The second-order valence-electron chi connectivity index (χ2n) is 6.14. The molecular weight excluding hydrogens is 330 g/mol. The Hall–Kier alpha value is -2.14. The molecule has 0 unspecified atom stereocenters. The molecule has 0 aliphatic rings. The number of benzene rings is 1. The van der Waals surface area contributed by atoms with Crippen LogP contribution in [0.25, 0.3) is 10.9 Å². The zero-order chi connectivity index (χ0) is 17.5. The molecule has 3 aromatic rings. The van der Waals surface area contributed by atoms with Gasteiger partial charge >= 0.3 is 0 Å². The third-order valence-corrected chi connectivity index (χ3v) is 5.08. The summed E-state index contributed by atoms with van der Waals surface area (Å²) >= 11 is 1.78. The highest BCUT2D eigenvalue weighted by Gasteiger charge is 2.18. The molecule has 0 bridgehead atoms. The molecule has 132 valence electrons. The Labute approximate surface area is 153 Å². The Morgan fingerprint density at radius 1 is 1.12 bits per heavy atom. The molecule has 3 rings (SSSR count). The van der Waals surface area contributed by atoms with Crippen molar-refractivity contribution in [1.82, 2.24) is 14.5 Å². The van der Waals surface area contributed by atoms with Crippen molar-refractivity contribution < 1.29 is 4.79 Å². The SMILES string of the molecule is CSCC[C@H](C(=O)NCCCn1ccc2ccccc21)n1cccc1. The quantitative estimate of drug-likeness (QED) is 0.591. The van der Waals surface area contributed by atoms with E-state index in [4.69, 9.17) is 0 Å². The Bertz CT molecular complexity index is 794.